The first kappa shape index (κ1) is 17.1. The number of carbonyl (C=O) groups excluding carboxylic acids is 2. The van der Waals surface area contributed by atoms with E-state index in [0.29, 0.717) is 6.42 Å². The average molecular weight is 299 g/mol. The van der Waals surface area contributed by atoms with E-state index >= 15 is 0 Å². The van der Waals surface area contributed by atoms with Gasteiger partial charge < -0.3 is 10.1 Å². The lowest BCUT2D eigenvalue weighted by atomic mass is 9.99. The third-order valence-corrected chi connectivity index (χ3v) is 3.35. The molecule has 1 amide bonds. The highest BCUT2D eigenvalue weighted by Crippen LogP contribution is 2.12. The van der Waals surface area contributed by atoms with Gasteiger partial charge in [0.1, 0.15) is 17.7 Å². The van der Waals surface area contributed by atoms with Crippen molar-refractivity contribution >= 4 is 11.9 Å². The number of methoxy groups -OCH3 is 1. The molecule has 0 aliphatic rings. The van der Waals surface area contributed by atoms with Crippen LogP contribution in [-0.2, 0) is 20.7 Å². The minimum atomic E-state index is -0.789. The van der Waals surface area contributed by atoms with E-state index in [1.54, 1.807) is 6.92 Å². The second kappa shape index (κ2) is 7.71. The van der Waals surface area contributed by atoms with Crippen molar-refractivity contribution in [1.29, 1.82) is 0 Å². The van der Waals surface area contributed by atoms with Crippen LogP contribution < -0.4 is 5.32 Å². The van der Waals surface area contributed by atoms with Crippen LogP contribution >= 0.6 is 0 Å². The van der Waals surface area contributed by atoms with Gasteiger partial charge in [0.15, 0.2) is 0 Å². The van der Waals surface area contributed by atoms with Crippen LogP contribution in [-0.4, -0.2) is 25.0 Å². The SMILES string of the molecule is CC[C@H](C)[C@@H](NC(=O)Cc1ccc(F)cc1F)C(=O)OC. The molecule has 0 aromatic heterocycles. The maximum absolute atomic E-state index is 13.5. The van der Waals surface area contributed by atoms with Crippen LogP contribution in [0.2, 0.25) is 0 Å². The van der Waals surface area contributed by atoms with Crippen LogP contribution in [0.1, 0.15) is 25.8 Å². The van der Waals surface area contributed by atoms with Gasteiger partial charge in [0.2, 0.25) is 5.91 Å². The van der Waals surface area contributed by atoms with Crippen molar-refractivity contribution in [3.05, 3.63) is 35.4 Å². The molecule has 0 bridgehead atoms. The number of nitrogens with one attached hydrogen (secondary N) is 1. The first-order valence-corrected chi connectivity index (χ1v) is 6.70. The van der Waals surface area contributed by atoms with E-state index in [4.69, 9.17) is 0 Å². The Balaban J connectivity index is 2.76. The molecular formula is C15H19F2NO3. The zero-order chi connectivity index (χ0) is 16.0. The lowest BCUT2D eigenvalue weighted by Gasteiger charge is -2.21. The number of rotatable bonds is 6. The number of ether oxygens (including phenoxy) is 1. The van der Waals surface area contributed by atoms with Crippen molar-refractivity contribution in [2.24, 2.45) is 5.92 Å². The van der Waals surface area contributed by atoms with Crippen LogP contribution in [0, 0.1) is 17.6 Å². The zero-order valence-electron chi connectivity index (χ0n) is 12.3. The van der Waals surface area contributed by atoms with Gasteiger partial charge in [0.25, 0.3) is 0 Å². The van der Waals surface area contributed by atoms with Gasteiger partial charge >= 0.3 is 5.97 Å². The third-order valence-electron chi connectivity index (χ3n) is 3.35. The van der Waals surface area contributed by atoms with Crippen molar-refractivity contribution in [3.63, 3.8) is 0 Å². The second-order valence-corrected chi connectivity index (χ2v) is 4.87. The molecule has 0 aliphatic heterocycles. The summed E-state index contributed by atoms with van der Waals surface area (Å²) in [6, 6.07) is 2.23. The topological polar surface area (TPSA) is 55.4 Å². The summed E-state index contributed by atoms with van der Waals surface area (Å²) >= 11 is 0. The number of amides is 1. The Bertz CT molecular complexity index is 520. The number of halogens is 2. The van der Waals surface area contributed by atoms with Crippen molar-refractivity contribution in [3.8, 4) is 0 Å². The highest BCUT2D eigenvalue weighted by atomic mass is 19.1. The summed E-state index contributed by atoms with van der Waals surface area (Å²) < 4.78 is 30.9. The zero-order valence-corrected chi connectivity index (χ0v) is 12.3. The fraction of sp³-hybridized carbons (Fsp3) is 0.467. The lowest BCUT2D eigenvalue weighted by Crippen LogP contribution is -2.46. The van der Waals surface area contributed by atoms with Crippen molar-refractivity contribution < 1.29 is 23.1 Å². The Morgan fingerprint density at radius 1 is 1.33 bits per heavy atom. The minimum absolute atomic E-state index is 0.0710. The number of hydrogen-bond acceptors (Lipinski definition) is 3. The molecule has 0 saturated heterocycles. The molecule has 0 aliphatic carbocycles. The molecule has 0 saturated carbocycles. The molecule has 1 rings (SSSR count). The van der Waals surface area contributed by atoms with Crippen molar-refractivity contribution in [2.45, 2.75) is 32.7 Å². The molecule has 1 aromatic carbocycles. The standard InChI is InChI=1S/C15H19F2NO3/c1-4-9(2)14(15(20)21-3)18-13(19)7-10-5-6-11(16)8-12(10)17/h5-6,8-9,14H,4,7H2,1-3H3,(H,18,19)/t9-,14+/m0/s1. The molecule has 6 heteroatoms. The van der Waals surface area contributed by atoms with E-state index < -0.39 is 29.6 Å². The molecule has 21 heavy (non-hydrogen) atoms. The number of esters is 1. The molecule has 0 unspecified atom stereocenters. The summed E-state index contributed by atoms with van der Waals surface area (Å²) in [7, 11) is 1.24. The molecular weight excluding hydrogens is 280 g/mol. The molecule has 4 nitrogen and oxygen atoms in total. The molecule has 0 heterocycles. The summed E-state index contributed by atoms with van der Waals surface area (Å²) in [6.45, 7) is 3.69. The van der Waals surface area contributed by atoms with E-state index in [2.05, 4.69) is 10.1 Å². The van der Waals surface area contributed by atoms with Gasteiger partial charge in [-0.1, -0.05) is 26.3 Å². The highest BCUT2D eigenvalue weighted by molar-refractivity contribution is 5.85. The molecule has 116 valence electrons. The Morgan fingerprint density at radius 2 is 2.00 bits per heavy atom. The summed E-state index contributed by atoms with van der Waals surface area (Å²) in [4.78, 5) is 23.6. The largest absolute Gasteiger partial charge is 0.467 e. The van der Waals surface area contributed by atoms with E-state index in [0.717, 1.165) is 12.1 Å². The summed E-state index contributed by atoms with van der Waals surface area (Å²) in [5.74, 6) is -2.67. The normalized spacial score (nSPS) is 13.4. The van der Waals surface area contributed by atoms with Gasteiger partial charge in [-0.2, -0.15) is 0 Å². The molecule has 0 radical (unpaired) electrons. The first-order valence-electron chi connectivity index (χ1n) is 6.70. The van der Waals surface area contributed by atoms with Gasteiger partial charge in [-0.25, -0.2) is 13.6 Å². The highest BCUT2D eigenvalue weighted by Gasteiger charge is 2.26. The smallest absolute Gasteiger partial charge is 0.328 e. The summed E-state index contributed by atoms with van der Waals surface area (Å²) in [6.07, 6.45) is 0.404. The van der Waals surface area contributed by atoms with Gasteiger partial charge in [0.05, 0.1) is 13.5 Å². The van der Waals surface area contributed by atoms with Crippen molar-refractivity contribution in [2.75, 3.05) is 7.11 Å². The van der Waals surface area contributed by atoms with E-state index in [1.165, 1.54) is 13.2 Å². The van der Waals surface area contributed by atoms with E-state index in [-0.39, 0.29) is 17.9 Å². The van der Waals surface area contributed by atoms with Crippen LogP contribution in [0.25, 0.3) is 0 Å². The van der Waals surface area contributed by atoms with Gasteiger partial charge in [-0.3, -0.25) is 4.79 Å². The predicted octanol–water partition coefficient (Wildman–Crippen LogP) is 2.21. The predicted molar refractivity (Wildman–Crippen MR) is 73.5 cm³/mol. The van der Waals surface area contributed by atoms with Gasteiger partial charge in [-0.05, 0) is 17.5 Å². The fourth-order valence-electron chi connectivity index (χ4n) is 1.86. The van der Waals surface area contributed by atoms with Crippen molar-refractivity contribution in [1.82, 2.24) is 5.32 Å². The molecule has 2 atom stereocenters. The number of benzene rings is 1. The third kappa shape index (κ3) is 4.81. The monoisotopic (exact) mass is 299 g/mol. The summed E-state index contributed by atoms with van der Waals surface area (Å²) in [5.41, 5.74) is 0.0710. The van der Waals surface area contributed by atoms with E-state index in [1.807, 2.05) is 6.92 Å². The maximum atomic E-state index is 13.5. The van der Waals surface area contributed by atoms with E-state index in [9.17, 15) is 18.4 Å². The molecule has 0 fully saturated rings. The minimum Gasteiger partial charge on any atom is -0.467 e. The van der Waals surface area contributed by atoms with Crippen LogP contribution in [0.5, 0.6) is 0 Å². The van der Waals surface area contributed by atoms with Crippen LogP contribution in [0.4, 0.5) is 8.78 Å². The Labute approximate surface area is 122 Å². The van der Waals surface area contributed by atoms with Crippen LogP contribution in [0.3, 0.4) is 0 Å². The Hall–Kier alpha value is -1.98. The lowest BCUT2D eigenvalue weighted by molar-refractivity contribution is -0.146. The van der Waals surface area contributed by atoms with Gasteiger partial charge in [0, 0.05) is 6.07 Å². The molecule has 1 aromatic rings. The Kier molecular flexibility index (Phi) is 6.27. The molecule has 0 spiro atoms. The Morgan fingerprint density at radius 3 is 2.52 bits per heavy atom. The maximum Gasteiger partial charge on any atom is 0.328 e. The average Bonchev–Trinajstić information content (AvgIpc) is 2.46. The molecule has 1 N–H and O–H groups in total. The number of carbonyl (C=O) groups is 2. The fourth-order valence-corrected chi connectivity index (χ4v) is 1.86. The second-order valence-electron chi connectivity index (χ2n) is 4.87. The number of hydrogen-bond donors (Lipinski definition) is 1. The van der Waals surface area contributed by atoms with Crippen LogP contribution in [0.15, 0.2) is 18.2 Å². The quantitative estimate of drug-likeness (QED) is 0.819. The summed E-state index contributed by atoms with van der Waals surface area (Å²) in [5, 5.41) is 2.53. The first-order chi connectivity index (χ1) is 9.88. The van der Waals surface area contributed by atoms with Gasteiger partial charge in [-0.15, -0.1) is 0 Å².